The summed E-state index contributed by atoms with van der Waals surface area (Å²) in [5.74, 6) is 0. The molecule has 2 aromatic rings. The Balaban J connectivity index is 2.18. The third-order valence-corrected chi connectivity index (χ3v) is 4.47. The van der Waals surface area contributed by atoms with Gasteiger partial charge in [0, 0.05) is 17.8 Å². The summed E-state index contributed by atoms with van der Waals surface area (Å²) >= 11 is 17.6. The van der Waals surface area contributed by atoms with E-state index in [1.54, 1.807) is 12.1 Å². The minimum absolute atomic E-state index is 0.115. The fourth-order valence-electron chi connectivity index (χ4n) is 2.14. The first-order chi connectivity index (χ1) is 10.8. The normalized spacial score (nSPS) is 11.2. The average molecular weight is 367 g/mol. The summed E-state index contributed by atoms with van der Waals surface area (Å²) in [4.78, 5) is 2.15. The van der Waals surface area contributed by atoms with Gasteiger partial charge in [-0.15, -0.1) is 0 Å². The Hall–Kier alpha value is -1.29. The molecule has 1 N–H and O–H groups in total. The number of rotatable bonds is 3. The van der Waals surface area contributed by atoms with Crippen molar-refractivity contribution in [2.45, 2.75) is 32.9 Å². The van der Waals surface area contributed by atoms with Crippen LogP contribution in [-0.2, 0) is 6.54 Å². The lowest BCUT2D eigenvalue weighted by atomic mass is 10.1. The highest BCUT2D eigenvalue weighted by atomic mass is 35.5. The number of thiocarbonyl (C=S) groups is 1. The molecule has 0 aliphatic rings. The largest absolute Gasteiger partial charge is 0.340 e. The molecule has 2 aromatic carbocycles. The SMILES string of the molecule is CC(C)(C)N(Cc1ccccc1)C(=S)Nc1ccc(Cl)c(Cl)c1. The summed E-state index contributed by atoms with van der Waals surface area (Å²) in [5.41, 5.74) is 1.92. The second-order valence-electron chi connectivity index (χ2n) is 6.30. The van der Waals surface area contributed by atoms with Gasteiger partial charge in [0.2, 0.25) is 0 Å². The molecule has 0 spiro atoms. The van der Waals surface area contributed by atoms with Gasteiger partial charge in [0.05, 0.1) is 10.0 Å². The molecule has 0 saturated carbocycles. The van der Waals surface area contributed by atoms with Crippen LogP contribution in [0.1, 0.15) is 26.3 Å². The van der Waals surface area contributed by atoms with E-state index in [0.29, 0.717) is 15.2 Å². The Labute approximate surface area is 153 Å². The maximum absolute atomic E-state index is 6.07. The molecule has 0 bridgehead atoms. The van der Waals surface area contributed by atoms with E-state index >= 15 is 0 Å². The van der Waals surface area contributed by atoms with Crippen LogP contribution in [0.2, 0.25) is 10.0 Å². The van der Waals surface area contributed by atoms with Crippen LogP contribution in [0.4, 0.5) is 5.69 Å². The Morgan fingerprint density at radius 2 is 1.70 bits per heavy atom. The fraction of sp³-hybridized carbons (Fsp3) is 0.278. The monoisotopic (exact) mass is 366 g/mol. The average Bonchev–Trinajstić information content (AvgIpc) is 2.48. The van der Waals surface area contributed by atoms with Crippen LogP contribution in [0.3, 0.4) is 0 Å². The van der Waals surface area contributed by atoms with E-state index in [-0.39, 0.29) is 5.54 Å². The Bertz CT molecular complexity index is 681. The summed E-state index contributed by atoms with van der Waals surface area (Å²) in [5, 5.41) is 4.94. The summed E-state index contributed by atoms with van der Waals surface area (Å²) in [7, 11) is 0. The van der Waals surface area contributed by atoms with Crippen molar-refractivity contribution >= 4 is 46.2 Å². The first kappa shape index (κ1) is 18.1. The van der Waals surface area contributed by atoms with Crippen molar-refractivity contribution in [3.63, 3.8) is 0 Å². The number of nitrogens with one attached hydrogen (secondary N) is 1. The predicted molar refractivity (Wildman–Crippen MR) is 104 cm³/mol. The topological polar surface area (TPSA) is 15.3 Å². The summed E-state index contributed by atoms with van der Waals surface area (Å²) in [6.45, 7) is 7.15. The number of halogens is 2. The van der Waals surface area contributed by atoms with Gasteiger partial charge in [-0.3, -0.25) is 0 Å². The molecule has 23 heavy (non-hydrogen) atoms. The van der Waals surface area contributed by atoms with E-state index in [1.807, 2.05) is 24.3 Å². The lowest BCUT2D eigenvalue weighted by molar-refractivity contribution is 0.233. The Morgan fingerprint density at radius 1 is 1.04 bits per heavy atom. The van der Waals surface area contributed by atoms with Gasteiger partial charge in [-0.2, -0.15) is 0 Å². The second-order valence-corrected chi connectivity index (χ2v) is 7.50. The van der Waals surface area contributed by atoms with E-state index < -0.39 is 0 Å². The van der Waals surface area contributed by atoms with Crippen LogP contribution in [0.5, 0.6) is 0 Å². The zero-order valence-corrected chi connectivity index (χ0v) is 15.8. The molecule has 0 saturated heterocycles. The van der Waals surface area contributed by atoms with Crippen LogP contribution in [0, 0.1) is 0 Å². The zero-order chi connectivity index (χ0) is 17.0. The summed E-state index contributed by atoms with van der Waals surface area (Å²) < 4.78 is 0. The Kier molecular flexibility index (Phi) is 5.90. The number of hydrogen-bond donors (Lipinski definition) is 1. The smallest absolute Gasteiger partial charge is 0.174 e. The zero-order valence-electron chi connectivity index (χ0n) is 13.4. The van der Waals surface area contributed by atoms with E-state index in [9.17, 15) is 0 Å². The highest BCUT2D eigenvalue weighted by Crippen LogP contribution is 2.26. The first-order valence-electron chi connectivity index (χ1n) is 7.35. The van der Waals surface area contributed by atoms with E-state index in [1.165, 1.54) is 5.56 Å². The van der Waals surface area contributed by atoms with Crippen LogP contribution in [-0.4, -0.2) is 15.6 Å². The lowest BCUT2D eigenvalue weighted by Crippen LogP contribution is -2.47. The molecule has 2 rings (SSSR count). The van der Waals surface area contributed by atoms with Crippen molar-refractivity contribution < 1.29 is 0 Å². The molecule has 122 valence electrons. The van der Waals surface area contributed by atoms with Gasteiger partial charge in [-0.05, 0) is 56.8 Å². The maximum atomic E-state index is 6.07. The third-order valence-electron chi connectivity index (χ3n) is 3.41. The molecule has 5 heteroatoms. The number of benzene rings is 2. The van der Waals surface area contributed by atoms with E-state index in [2.05, 4.69) is 43.1 Å². The van der Waals surface area contributed by atoms with Crippen molar-refractivity contribution in [3.05, 3.63) is 64.1 Å². The Morgan fingerprint density at radius 3 is 2.26 bits per heavy atom. The van der Waals surface area contributed by atoms with Crippen LogP contribution >= 0.6 is 35.4 Å². The summed E-state index contributed by atoms with van der Waals surface area (Å²) in [6.07, 6.45) is 0. The molecule has 0 aliphatic carbocycles. The van der Waals surface area contributed by atoms with Gasteiger partial charge >= 0.3 is 0 Å². The summed E-state index contributed by atoms with van der Waals surface area (Å²) in [6, 6.07) is 15.7. The molecule has 0 aromatic heterocycles. The molecule has 0 atom stereocenters. The van der Waals surface area contributed by atoms with Crippen molar-refractivity contribution in [1.29, 1.82) is 0 Å². The van der Waals surface area contributed by atoms with Crippen molar-refractivity contribution in [3.8, 4) is 0 Å². The molecule has 0 heterocycles. The molecule has 0 fully saturated rings. The molecule has 0 aliphatic heterocycles. The van der Waals surface area contributed by atoms with Gasteiger partial charge in [0.25, 0.3) is 0 Å². The molecular formula is C18H20Cl2N2S. The van der Waals surface area contributed by atoms with Crippen LogP contribution in [0.25, 0.3) is 0 Å². The minimum atomic E-state index is -0.115. The predicted octanol–water partition coefficient (Wildman–Crippen LogP) is 5.99. The molecule has 2 nitrogen and oxygen atoms in total. The van der Waals surface area contributed by atoms with Crippen molar-refractivity contribution in [1.82, 2.24) is 4.90 Å². The van der Waals surface area contributed by atoms with Crippen molar-refractivity contribution in [2.75, 3.05) is 5.32 Å². The molecular weight excluding hydrogens is 347 g/mol. The van der Waals surface area contributed by atoms with Crippen LogP contribution in [0.15, 0.2) is 48.5 Å². The quantitative estimate of drug-likeness (QED) is 0.671. The lowest BCUT2D eigenvalue weighted by Gasteiger charge is -2.38. The number of hydrogen-bond acceptors (Lipinski definition) is 1. The van der Waals surface area contributed by atoms with Crippen molar-refractivity contribution in [2.24, 2.45) is 0 Å². The van der Waals surface area contributed by atoms with Gasteiger partial charge in [0.1, 0.15) is 0 Å². The second kappa shape index (κ2) is 7.52. The molecule has 0 amide bonds. The standard InChI is InChI=1S/C18H20Cl2N2S/c1-18(2,3)22(12-13-7-5-4-6-8-13)17(23)21-14-9-10-15(19)16(20)11-14/h4-11H,12H2,1-3H3,(H,21,23). The highest BCUT2D eigenvalue weighted by Gasteiger charge is 2.24. The van der Waals surface area contributed by atoms with Gasteiger partial charge < -0.3 is 10.2 Å². The minimum Gasteiger partial charge on any atom is -0.340 e. The maximum Gasteiger partial charge on any atom is 0.174 e. The van der Waals surface area contributed by atoms with Gasteiger partial charge in [-0.25, -0.2) is 0 Å². The fourth-order valence-corrected chi connectivity index (χ4v) is 2.90. The molecule has 0 unspecified atom stereocenters. The number of anilines is 1. The highest BCUT2D eigenvalue weighted by molar-refractivity contribution is 7.80. The molecule has 0 radical (unpaired) electrons. The first-order valence-corrected chi connectivity index (χ1v) is 8.51. The van der Waals surface area contributed by atoms with E-state index in [0.717, 1.165) is 12.2 Å². The number of nitrogens with zero attached hydrogens (tertiary/aromatic N) is 1. The van der Waals surface area contributed by atoms with E-state index in [4.69, 9.17) is 35.4 Å². The third kappa shape index (κ3) is 5.10. The van der Waals surface area contributed by atoms with Crippen LogP contribution < -0.4 is 5.32 Å². The van der Waals surface area contributed by atoms with Gasteiger partial charge in [-0.1, -0.05) is 53.5 Å². The van der Waals surface area contributed by atoms with Gasteiger partial charge in [0.15, 0.2) is 5.11 Å².